The largest absolute Gasteiger partial charge is 0.506 e. The molecule has 118 valence electrons. The van der Waals surface area contributed by atoms with Crippen molar-refractivity contribution in [3.8, 4) is 5.75 Å². The molecule has 3 rings (SSSR count). The van der Waals surface area contributed by atoms with Crippen LogP contribution in [0, 0.1) is 6.92 Å². The second-order valence-electron chi connectivity index (χ2n) is 5.82. The van der Waals surface area contributed by atoms with Crippen LogP contribution in [0.1, 0.15) is 36.0 Å². The maximum Gasteiger partial charge on any atom is 0.138 e. The van der Waals surface area contributed by atoms with E-state index in [9.17, 15) is 5.11 Å². The van der Waals surface area contributed by atoms with Gasteiger partial charge >= 0.3 is 0 Å². The molecule has 22 heavy (non-hydrogen) atoms. The van der Waals surface area contributed by atoms with Gasteiger partial charge in [-0.2, -0.15) is 0 Å². The van der Waals surface area contributed by atoms with Crippen molar-refractivity contribution in [3.63, 3.8) is 0 Å². The Morgan fingerprint density at radius 1 is 1.32 bits per heavy atom. The number of furan rings is 1. The monoisotopic (exact) mass is 301 g/mol. The molecule has 2 N–H and O–H groups in total. The first-order valence-electron chi connectivity index (χ1n) is 7.87. The lowest BCUT2D eigenvalue weighted by Crippen LogP contribution is -2.33. The third-order valence-electron chi connectivity index (χ3n) is 4.17. The van der Waals surface area contributed by atoms with E-state index in [0.717, 1.165) is 31.1 Å². The van der Waals surface area contributed by atoms with Crippen LogP contribution in [-0.2, 0) is 6.54 Å². The third-order valence-corrected chi connectivity index (χ3v) is 4.17. The van der Waals surface area contributed by atoms with Gasteiger partial charge in [0.15, 0.2) is 0 Å². The van der Waals surface area contributed by atoms with Gasteiger partial charge in [-0.05, 0) is 57.1 Å². The molecule has 3 heterocycles. The number of nitrogens with zero attached hydrogens (tertiary/aromatic N) is 2. The van der Waals surface area contributed by atoms with E-state index in [-0.39, 0.29) is 11.8 Å². The summed E-state index contributed by atoms with van der Waals surface area (Å²) in [6.07, 6.45) is 4.22. The Hall–Kier alpha value is -1.85. The molecule has 2 aromatic rings. The van der Waals surface area contributed by atoms with Crippen molar-refractivity contribution in [1.29, 1.82) is 0 Å². The molecule has 1 saturated heterocycles. The number of aryl methyl sites for hydroxylation is 1. The van der Waals surface area contributed by atoms with E-state index < -0.39 is 0 Å². The highest BCUT2D eigenvalue weighted by Gasteiger charge is 2.25. The average Bonchev–Trinajstić information content (AvgIpc) is 3.20. The highest BCUT2D eigenvalue weighted by molar-refractivity contribution is 5.27. The Morgan fingerprint density at radius 2 is 2.14 bits per heavy atom. The molecule has 1 aliphatic heterocycles. The molecule has 1 unspecified atom stereocenters. The molecule has 0 aromatic carbocycles. The van der Waals surface area contributed by atoms with E-state index in [4.69, 9.17) is 4.42 Å². The van der Waals surface area contributed by atoms with E-state index in [0.29, 0.717) is 12.2 Å². The van der Waals surface area contributed by atoms with Crippen molar-refractivity contribution < 1.29 is 9.52 Å². The molecule has 5 nitrogen and oxygen atoms in total. The van der Waals surface area contributed by atoms with Crippen LogP contribution in [0.4, 0.5) is 0 Å². The predicted molar refractivity (Wildman–Crippen MR) is 84.6 cm³/mol. The van der Waals surface area contributed by atoms with Crippen LogP contribution in [0.25, 0.3) is 0 Å². The Kier molecular flexibility index (Phi) is 4.75. The summed E-state index contributed by atoms with van der Waals surface area (Å²) in [5, 5.41) is 13.3. The number of aromatic hydroxyl groups is 1. The minimum Gasteiger partial charge on any atom is -0.506 e. The third kappa shape index (κ3) is 3.48. The number of hydrogen-bond donors (Lipinski definition) is 2. The Balaban J connectivity index is 1.63. The second kappa shape index (κ2) is 6.94. The standard InChI is InChI=1S/C17H23N3O2/c1-13-6-7-16(21)14(19-13)11-18-12-15(17-5-4-10-22-17)20-8-2-3-9-20/h4-7,10,15,18,21H,2-3,8-9,11-12H2,1H3. The summed E-state index contributed by atoms with van der Waals surface area (Å²) >= 11 is 0. The van der Waals surface area contributed by atoms with Gasteiger partial charge in [0, 0.05) is 18.8 Å². The zero-order valence-corrected chi connectivity index (χ0v) is 13.0. The highest BCUT2D eigenvalue weighted by atomic mass is 16.3. The van der Waals surface area contributed by atoms with Crippen molar-refractivity contribution in [1.82, 2.24) is 15.2 Å². The molecular weight excluding hydrogens is 278 g/mol. The van der Waals surface area contributed by atoms with Gasteiger partial charge in [-0.25, -0.2) is 0 Å². The topological polar surface area (TPSA) is 61.5 Å². The normalized spacial score (nSPS) is 17.0. The van der Waals surface area contributed by atoms with Crippen molar-refractivity contribution in [2.75, 3.05) is 19.6 Å². The minimum absolute atomic E-state index is 0.240. The lowest BCUT2D eigenvalue weighted by Gasteiger charge is -2.26. The van der Waals surface area contributed by atoms with Gasteiger partial charge in [0.2, 0.25) is 0 Å². The fourth-order valence-electron chi connectivity index (χ4n) is 3.00. The Labute approximate surface area is 131 Å². The average molecular weight is 301 g/mol. The molecule has 0 spiro atoms. The number of nitrogens with one attached hydrogen (secondary N) is 1. The quantitative estimate of drug-likeness (QED) is 0.859. The second-order valence-corrected chi connectivity index (χ2v) is 5.82. The van der Waals surface area contributed by atoms with E-state index in [1.165, 1.54) is 12.8 Å². The molecule has 5 heteroatoms. The van der Waals surface area contributed by atoms with Gasteiger partial charge < -0.3 is 14.8 Å². The van der Waals surface area contributed by atoms with Crippen LogP contribution in [-0.4, -0.2) is 34.6 Å². The van der Waals surface area contributed by atoms with Gasteiger partial charge in [0.05, 0.1) is 18.0 Å². The number of aromatic nitrogens is 1. The van der Waals surface area contributed by atoms with Crippen LogP contribution in [0.2, 0.25) is 0 Å². The van der Waals surface area contributed by atoms with Crippen LogP contribution in [0.15, 0.2) is 34.9 Å². The van der Waals surface area contributed by atoms with E-state index in [1.807, 2.05) is 25.1 Å². The first kappa shape index (κ1) is 15.1. The molecule has 1 aliphatic rings. The maximum absolute atomic E-state index is 9.86. The molecule has 1 atom stereocenters. The molecule has 0 aliphatic carbocycles. The first-order chi connectivity index (χ1) is 10.7. The lowest BCUT2D eigenvalue weighted by molar-refractivity contribution is 0.209. The smallest absolute Gasteiger partial charge is 0.138 e. The van der Waals surface area contributed by atoms with Crippen molar-refractivity contribution in [2.24, 2.45) is 0 Å². The summed E-state index contributed by atoms with van der Waals surface area (Å²) in [5.41, 5.74) is 1.61. The van der Waals surface area contributed by atoms with Crippen LogP contribution >= 0.6 is 0 Å². The van der Waals surface area contributed by atoms with Gasteiger partial charge in [0.25, 0.3) is 0 Å². The molecular formula is C17H23N3O2. The first-order valence-corrected chi connectivity index (χ1v) is 7.87. The summed E-state index contributed by atoms with van der Waals surface area (Å²) in [5.74, 6) is 1.24. The number of pyridine rings is 1. The fraction of sp³-hybridized carbons (Fsp3) is 0.471. The maximum atomic E-state index is 9.86. The highest BCUT2D eigenvalue weighted by Crippen LogP contribution is 2.25. The zero-order chi connectivity index (χ0) is 15.4. The van der Waals surface area contributed by atoms with Crippen molar-refractivity contribution in [3.05, 3.63) is 47.7 Å². The minimum atomic E-state index is 0.240. The summed E-state index contributed by atoms with van der Waals surface area (Å²) in [7, 11) is 0. The van der Waals surface area contributed by atoms with Crippen molar-refractivity contribution >= 4 is 0 Å². The summed E-state index contributed by atoms with van der Waals surface area (Å²) in [6.45, 7) is 5.49. The SMILES string of the molecule is Cc1ccc(O)c(CNCC(c2ccco2)N2CCCC2)n1. The van der Waals surface area contributed by atoms with E-state index >= 15 is 0 Å². The molecule has 0 amide bonds. The molecule has 2 aromatic heterocycles. The zero-order valence-electron chi connectivity index (χ0n) is 13.0. The summed E-state index contributed by atoms with van der Waals surface area (Å²) in [6, 6.07) is 7.72. The van der Waals surface area contributed by atoms with Gasteiger partial charge in [-0.1, -0.05) is 0 Å². The molecule has 0 radical (unpaired) electrons. The molecule has 0 bridgehead atoms. The molecule has 1 fully saturated rings. The number of likely N-dealkylation sites (tertiary alicyclic amines) is 1. The lowest BCUT2D eigenvalue weighted by atomic mass is 10.2. The van der Waals surface area contributed by atoms with Gasteiger partial charge in [0.1, 0.15) is 11.5 Å². The summed E-state index contributed by atoms with van der Waals surface area (Å²) in [4.78, 5) is 6.83. The number of hydrogen-bond acceptors (Lipinski definition) is 5. The van der Waals surface area contributed by atoms with E-state index in [1.54, 1.807) is 12.3 Å². The van der Waals surface area contributed by atoms with Crippen molar-refractivity contribution in [2.45, 2.75) is 32.4 Å². The molecule has 0 saturated carbocycles. The van der Waals surface area contributed by atoms with Crippen LogP contribution in [0.3, 0.4) is 0 Å². The Bertz CT molecular complexity index is 592. The fourth-order valence-corrected chi connectivity index (χ4v) is 3.00. The van der Waals surface area contributed by atoms with Crippen LogP contribution < -0.4 is 5.32 Å². The van der Waals surface area contributed by atoms with Gasteiger partial charge in [-0.15, -0.1) is 0 Å². The predicted octanol–water partition coefficient (Wildman–Crippen LogP) is 2.62. The van der Waals surface area contributed by atoms with Crippen LogP contribution in [0.5, 0.6) is 5.75 Å². The van der Waals surface area contributed by atoms with Gasteiger partial charge in [-0.3, -0.25) is 9.88 Å². The Morgan fingerprint density at radius 3 is 2.86 bits per heavy atom. The number of rotatable bonds is 6. The summed E-state index contributed by atoms with van der Waals surface area (Å²) < 4.78 is 5.61. The van der Waals surface area contributed by atoms with E-state index in [2.05, 4.69) is 15.2 Å².